The molecule has 1 nitrogen and oxygen atoms in total. The fraction of sp³-hybridized carbons (Fsp3) is 0.625. The zero-order chi connectivity index (χ0) is 14.6. The second kappa shape index (κ2) is 6.74. The highest BCUT2D eigenvalue weighted by molar-refractivity contribution is 9.09. The molecule has 2 unspecified atom stereocenters. The van der Waals surface area contributed by atoms with Crippen LogP contribution < -0.4 is 4.74 Å². The van der Waals surface area contributed by atoms with Crippen LogP contribution in [-0.4, -0.2) is 7.11 Å². The van der Waals surface area contributed by atoms with Crippen LogP contribution in [0.1, 0.15) is 50.9 Å². The summed E-state index contributed by atoms with van der Waals surface area (Å²) in [7, 11) is 1.48. The van der Waals surface area contributed by atoms with Crippen molar-refractivity contribution in [2.24, 2.45) is 11.3 Å². The van der Waals surface area contributed by atoms with Gasteiger partial charge in [0.25, 0.3) is 0 Å². The van der Waals surface area contributed by atoms with E-state index in [2.05, 4.69) is 43.6 Å². The van der Waals surface area contributed by atoms with Gasteiger partial charge in [0.2, 0.25) is 0 Å². The van der Waals surface area contributed by atoms with E-state index in [1.54, 1.807) is 12.1 Å². The van der Waals surface area contributed by atoms with Crippen molar-refractivity contribution in [3.63, 3.8) is 0 Å². The first-order valence-corrected chi connectivity index (χ1v) is 7.62. The second-order valence-corrected chi connectivity index (χ2v) is 7.57. The Morgan fingerprint density at radius 3 is 2.42 bits per heavy atom. The Bertz CT molecular complexity index is 412. The Labute approximate surface area is 124 Å². The van der Waals surface area contributed by atoms with E-state index in [4.69, 9.17) is 4.74 Å². The standard InChI is InChI=1S/C16H24BrFO/c1-11(10-16(2,3)4)8-13(17)12-6-7-15(19-5)14(18)9-12/h6-7,9,11,13H,8,10H2,1-5H3. The Morgan fingerprint density at radius 1 is 1.32 bits per heavy atom. The molecule has 0 aliphatic carbocycles. The number of halogens is 2. The highest BCUT2D eigenvalue weighted by atomic mass is 79.9. The quantitative estimate of drug-likeness (QED) is 0.626. The van der Waals surface area contributed by atoms with Gasteiger partial charge in [-0.05, 0) is 41.9 Å². The van der Waals surface area contributed by atoms with Gasteiger partial charge >= 0.3 is 0 Å². The predicted octanol–water partition coefficient (Wildman–Crippen LogP) is 5.73. The second-order valence-electron chi connectivity index (χ2n) is 6.47. The lowest BCUT2D eigenvalue weighted by Crippen LogP contribution is -2.12. The SMILES string of the molecule is COc1ccc(C(Br)CC(C)CC(C)(C)C)cc1F. The molecular formula is C16H24BrFO. The van der Waals surface area contributed by atoms with Gasteiger partial charge in [0.05, 0.1) is 7.11 Å². The highest BCUT2D eigenvalue weighted by Crippen LogP contribution is 2.36. The number of alkyl halides is 1. The number of hydrogen-bond donors (Lipinski definition) is 0. The maximum absolute atomic E-state index is 13.7. The fourth-order valence-corrected chi connectivity index (χ4v) is 3.42. The highest BCUT2D eigenvalue weighted by Gasteiger charge is 2.19. The monoisotopic (exact) mass is 330 g/mol. The summed E-state index contributed by atoms with van der Waals surface area (Å²) in [6, 6.07) is 5.17. The van der Waals surface area contributed by atoms with Crippen LogP contribution in [0.15, 0.2) is 18.2 Å². The molecular weight excluding hydrogens is 307 g/mol. The van der Waals surface area contributed by atoms with E-state index in [1.165, 1.54) is 7.11 Å². The molecule has 1 rings (SSSR count). The first-order valence-electron chi connectivity index (χ1n) is 6.70. The summed E-state index contributed by atoms with van der Waals surface area (Å²) in [5.41, 5.74) is 1.30. The van der Waals surface area contributed by atoms with Gasteiger partial charge < -0.3 is 4.74 Å². The van der Waals surface area contributed by atoms with Crippen molar-refractivity contribution in [3.05, 3.63) is 29.6 Å². The molecule has 0 N–H and O–H groups in total. The van der Waals surface area contributed by atoms with Gasteiger partial charge in [-0.25, -0.2) is 4.39 Å². The third-order valence-electron chi connectivity index (χ3n) is 3.11. The Hall–Kier alpha value is -0.570. The molecule has 0 bridgehead atoms. The molecule has 0 radical (unpaired) electrons. The molecule has 108 valence electrons. The molecule has 0 aromatic heterocycles. The number of ether oxygens (including phenoxy) is 1. The van der Waals surface area contributed by atoms with Crippen LogP contribution in [0, 0.1) is 17.2 Å². The van der Waals surface area contributed by atoms with Crippen LogP contribution in [0.4, 0.5) is 4.39 Å². The van der Waals surface area contributed by atoms with Crippen molar-refractivity contribution in [1.29, 1.82) is 0 Å². The summed E-state index contributed by atoms with van der Waals surface area (Å²) >= 11 is 3.67. The third kappa shape index (κ3) is 5.52. The van der Waals surface area contributed by atoms with E-state index in [1.807, 2.05) is 6.07 Å². The first-order chi connectivity index (χ1) is 8.73. The summed E-state index contributed by atoms with van der Waals surface area (Å²) in [5.74, 6) is 0.591. The lowest BCUT2D eigenvalue weighted by Gasteiger charge is -2.25. The van der Waals surface area contributed by atoms with Crippen molar-refractivity contribution in [3.8, 4) is 5.75 Å². The van der Waals surface area contributed by atoms with Crippen LogP contribution in [-0.2, 0) is 0 Å². The Balaban J connectivity index is 2.68. The van der Waals surface area contributed by atoms with Crippen molar-refractivity contribution < 1.29 is 9.13 Å². The molecule has 0 heterocycles. The smallest absolute Gasteiger partial charge is 0.165 e. The lowest BCUT2D eigenvalue weighted by atomic mass is 9.83. The number of rotatable bonds is 5. The molecule has 19 heavy (non-hydrogen) atoms. The van der Waals surface area contributed by atoms with E-state index >= 15 is 0 Å². The molecule has 0 aliphatic rings. The van der Waals surface area contributed by atoms with Crippen molar-refractivity contribution in [1.82, 2.24) is 0 Å². The van der Waals surface area contributed by atoms with Crippen LogP contribution >= 0.6 is 15.9 Å². The normalized spacial score (nSPS) is 15.1. The molecule has 0 fully saturated rings. The number of hydrogen-bond acceptors (Lipinski definition) is 1. The van der Waals surface area contributed by atoms with Crippen molar-refractivity contribution in [2.45, 2.75) is 45.4 Å². The van der Waals surface area contributed by atoms with Crippen LogP contribution in [0.3, 0.4) is 0 Å². The summed E-state index contributed by atoms with van der Waals surface area (Å²) < 4.78 is 18.6. The summed E-state index contributed by atoms with van der Waals surface area (Å²) in [6.07, 6.45) is 2.16. The number of methoxy groups -OCH3 is 1. The first kappa shape index (κ1) is 16.5. The van der Waals surface area contributed by atoms with Crippen molar-refractivity contribution >= 4 is 15.9 Å². The van der Waals surface area contributed by atoms with Crippen molar-refractivity contribution in [2.75, 3.05) is 7.11 Å². The fourth-order valence-electron chi connectivity index (χ4n) is 2.50. The predicted molar refractivity (Wildman–Crippen MR) is 82.5 cm³/mol. The maximum atomic E-state index is 13.7. The number of benzene rings is 1. The average Bonchev–Trinajstić information content (AvgIpc) is 2.26. The lowest BCUT2D eigenvalue weighted by molar-refractivity contribution is 0.296. The molecule has 0 amide bonds. The largest absolute Gasteiger partial charge is 0.494 e. The van der Waals surface area contributed by atoms with Gasteiger partial charge in [-0.15, -0.1) is 0 Å². The van der Waals surface area contributed by atoms with Gasteiger partial charge in [-0.1, -0.05) is 49.7 Å². The Kier molecular flexibility index (Phi) is 5.84. The minimum atomic E-state index is -0.298. The molecule has 2 atom stereocenters. The van der Waals surface area contributed by atoms with Crippen LogP contribution in [0.5, 0.6) is 5.75 Å². The van der Waals surface area contributed by atoms with Crippen LogP contribution in [0.2, 0.25) is 0 Å². The van der Waals surface area contributed by atoms with E-state index in [0.717, 1.165) is 18.4 Å². The molecule has 0 saturated carbocycles. The van der Waals surface area contributed by atoms with Gasteiger partial charge in [0.15, 0.2) is 11.6 Å². The molecule has 1 aromatic rings. The van der Waals surface area contributed by atoms with E-state index in [-0.39, 0.29) is 10.6 Å². The minimum absolute atomic E-state index is 0.185. The van der Waals surface area contributed by atoms with E-state index in [0.29, 0.717) is 17.1 Å². The molecule has 3 heteroatoms. The maximum Gasteiger partial charge on any atom is 0.165 e. The average molecular weight is 331 g/mol. The molecule has 0 aliphatic heterocycles. The summed E-state index contributed by atoms with van der Waals surface area (Å²) in [4.78, 5) is 0.185. The van der Waals surface area contributed by atoms with E-state index in [9.17, 15) is 4.39 Å². The molecule has 0 saturated heterocycles. The Morgan fingerprint density at radius 2 is 1.95 bits per heavy atom. The van der Waals surface area contributed by atoms with Gasteiger partial charge in [0.1, 0.15) is 0 Å². The molecule has 0 spiro atoms. The minimum Gasteiger partial charge on any atom is -0.494 e. The summed E-state index contributed by atoms with van der Waals surface area (Å²) in [5, 5.41) is 0. The van der Waals surface area contributed by atoms with Gasteiger partial charge in [-0.2, -0.15) is 0 Å². The van der Waals surface area contributed by atoms with Crippen LogP contribution in [0.25, 0.3) is 0 Å². The zero-order valence-electron chi connectivity index (χ0n) is 12.5. The molecule has 1 aromatic carbocycles. The topological polar surface area (TPSA) is 9.23 Å². The summed E-state index contributed by atoms with van der Waals surface area (Å²) in [6.45, 7) is 9.00. The zero-order valence-corrected chi connectivity index (χ0v) is 14.1. The third-order valence-corrected chi connectivity index (χ3v) is 4.01. The van der Waals surface area contributed by atoms with Gasteiger partial charge in [-0.3, -0.25) is 0 Å². The van der Waals surface area contributed by atoms with Gasteiger partial charge in [0, 0.05) is 4.83 Å². The van der Waals surface area contributed by atoms with E-state index < -0.39 is 0 Å².